The summed E-state index contributed by atoms with van der Waals surface area (Å²) >= 11 is 0. The summed E-state index contributed by atoms with van der Waals surface area (Å²) in [4.78, 5) is 25.0. The van der Waals surface area contributed by atoms with Crippen LogP contribution in [0.15, 0.2) is 79.1 Å². The maximum Gasteiger partial charge on any atom is 0.229 e. The third-order valence-electron chi connectivity index (χ3n) is 6.45. The fourth-order valence-electron chi connectivity index (χ4n) is 4.39. The molecule has 3 aromatic heterocycles. The smallest absolute Gasteiger partial charge is 0.229 e. The van der Waals surface area contributed by atoms with Crippen LogP contribution in [0.5, 0.6) is 0 Å². The zero-order valence-corrected chi connectivity index (χ0v) is 21.1. The lowest BCUT2D eigenvalue weighted by atomic mass is 9.95. The highest BCUT2D eigenvalue weighted by Crippen LogP contribution is 2.33. The molecule has 0 aliphatic rings. The van der Waals surface area contributed by atoms with E-state index in [0.717, 1.165) is 44.2 Å². The molecule has 6 rings (SSSR count). The monoisotopic (exact) mass is 504 g/mol. The van der Waals surface area contributed by atoms with Gasteiger partial charge in [0.1, 0.15) is 11.5 Å². The van der Waals surface area contributed by atoms with Crippen molar-refractivity contribution in [1.82, 2.24) is 25.1 Å². The Labute approximate surface area is 218 Å². The molecule has 0 unspecified atom stereocenters. The topological polar surface area (TPSA) is 99.3 Å². The number of hydrogen-bond acceptors (Lipinski definition) is 4. The number of anilines is 1. The molecule has 0 spiro atoms. The molecule has 3 heterocycles. The number of rotatable bonds is 4. The minimum atomic E-state index is -0.512. The van der Waals surface area contributed by atoms with Crippen molar-refractivity contribution < 1.29 is 9.18 Å². The standard InChI is InChI=1S/C30H25FN6O/c1-30(2,3)29(38)33-21-13-19(15-32-16-21)17-10-11-24-23(14-17)27(37-36-24)28-34-25-9-5-8-22(26(25)35-28)18-6-4-7-20(31)12-18/h4-16H,1-3H3,(H,33,38)(H,34,35)(H,36,37). The van der Waals surface area contributed by atoms with Gasteiger partial charge in [-0.3, -0.25) is 14.9 Å². The maximum atomic E-state index is 13.9. The van der Waals surface area contributed by atoms with Gasteiger partial charge >= 0.3 is 0 Å². The molecule has 0 aliphatic carbocycles. The molecule has 0 aliphatic heterocycles. The highest BCUT2D eigenvalue weighted by Gasteiger charge is 2.21. The number of aromatic amines is 2. The second-order valence-corrected chi connectivity index (χ2v) is 10.3. The summed E-state index contributed by atoms with van der Waals surface area (Å²) in [7, 11) is 0. The Morgan fingerprint density at radius 3 is 2.55 bits per heavy atom. The van der Waals surface area contributed by atoms with Crippen molar-refractivity contribution in [3.63, 3.8) is 0 Å². The number of nitrogens with one attached hydrogen (secondary N) is 3. The molecule has 3 N–H and O–H groups in total. The van der Waals surface area contributed by atoms with Crippen molar-refractivity contribution in [1.29, 1.82) is 0 Å². The summed E-state index contributed by atoms with van der Waals surface area (Å²) in [6, 6.07) is 20.2. The summed E-state index contributed by atoms with van der Waals surface area (Å²) in [5, 5.41) is 11.5. The molecule has 1 amide bonds. The SMILES string of the molecule is CC(C)(C)C(=O)Nc1cncc(-c2ccc3[nH]nc(-c4nc5c(-c6cccc(F)c6)cccc5[nH]4)c3c2)c1. The van der Waals surface area contributed by atoms with Gasteiger partial charge in [-0.05, 0) is 47.5 Å². The quantitative estimate of drug-likeness (QED) is 0.242. The molecule has 0 saturated heterocycles. The first kappa shape index (κ1) is 23.5. The van der Waals surface area contributed by atoms with Crippen LogP contribution in [0.1, 0.15) is 20.8 Å². The number of carbonyl (C=O) groups excluding carboxylic acids is 1. The lowest BCUT2D eigenvalue weighted by molar-refractivity contribution is -0.123. The van der Waals surface area contributed by atoms with E-state index in [-0.39, 0.29) is 11.7 Å². The van der Waals surface area contributed by atoms with Gasteiger partial charge in [0.25, 0.3) is 0 Å². The van der Waals surface area contributed by atoms with E-state index >= 15 is 0 Å². The van der Waals surface area contributed by atoms with Gasteiger partial charge in [-0.25, -0.2) is 9.37 Å². The van der Waals surface area contributed by atoms with Crippen LogP contribution in [0.3, 0.4) is 0 Å². The number of H-pyrrole nitrogens is 2. The summed E-state index contributed by atoms with van der Waals surface area (Å²) < 4.78 is 13.9. The second-order valence-electron chi connectivity index (χ2n) is 10.3. The number of nitrogens with zero attached hydrogens (tertiary/aromatic N) is 3. The number of benzene rings is 3. The number of carbonyl (C=O) groups is 1. The maximum absolute atomic E-state index is 13.9. The van der Waals surface area contributed by atoms with Crippen molar-refractivity contribution in [3.05, 3.63) is 84.9 Å². The van der Waals surface area contributed by atoms with Crippen LogP contribution in [-0.2, 0) is 4.79 Å². The van der Waals surface area contributed by atoms with Crippen LogP contribution in [0.4, 0.5) is 10.1 Å². The summed E-state index contributed by atoms with van der Waals surface area (Å²) in [6.45, 7) is 5.60. The van der Waals surface area contributed by atoms with Crippen LogP contribution >= 0.6 is 0 Å². The predicted octanol–water partition coefficient (Wildman–Crippen LogP) is 6.96. The third-order valence-corrected chi connectivity index (χ3v) is 6.45. The Bertz CT molecular complexity index is 1830. The summed E-state index contributed by atoms with van der Waals surface area (Å²) in [5.41, 5.74) is 6.62. The van der Waals surface area contributed by atoms with Gasteiger partial charge in [-0.15, -0.1) is 0 Å². The molecule has 188 valence electrons. The number of aromatic nitrogens is 5. The average molecular weight is 505 g/mol. The van der Waals surface area contributed by atoms with E-state index in [1.807, 2.05) is 69.3 Å². The number of para-hydroxylation sites is 1. The van der Waals surface area contributed by atoms with Gasteiger partial charge < -0.3 is 10.3 Å². The molecule has 0 saturated carbocycles. The van der Waals surface area contributed by atoms with Crippen molar-refractivity contribution in [3.8, 4) is 33.8 Å². The van der Waals surface area contributed by atoms with E-state index in [9.17, 15) is 9.18 Å². The normalized spacial score (nSPS) is 11.8. The number of imidazole rings is 1. The molecule has 6 aromatic rings. The minimum absolute atomic E-state index is 0.0773. The Kier molecular flexibility index (Phi) is 5.52. The molecule has 3 aromatic carbocycles. The first-order valence-corrected chi connectivity index (χ1v) is 12.3. The summed E-state index contributed by atoms with van der Waals surface area (Å²) in [6.07, 6.45) is 3.40. The lowest BCUT2D eigenvalue weighted by Crippen LogP contribution is -2.27. The van der Waals surface area contributed by atoms with Gasteiger partial charge in [-0.1, -0.05) is 51.1 Å². The lowest BCUT2D eigenvalue weighted by Gasteiger charge is -2.17. The van der Waals surface area contributed by atoms with Gasteiger partial charge in [0, 0.05) is 28.1 Å². The first-order valence-electron chi connectivity index (χ1n) is 12.3. The number of fused-ring (bicyclic) bond motifs is 2. The Hall–Kier alpha value is -4.85. The molecule has 0 atom stereocenters. The molecule has 0 radical (unpaired) electrons. The van der Waals surface area contributed by atoms with Crippen LogP contribution in [0.2, 0.25) is 0 Å². The van der Waals surface area contributed by atoms with Crippen LogP contribution < -0.4 is 5.32 Å². The number of pyridine rings is 1. The second kappa shape index (κ2) is 8.92. The fourth-order valence-corrected chi connectivity index (χ4v) is 4.39. The fraction of sp³-hybridized carbons (Fsp3) is 0.133. The minimum Gasteiger partial charge on any atom is -0.337 e. The van der Waals surface area contributed by atoms with E-state index in [2.05, 4.69) is 25.5 Å². The highest BCUT2D eigenvalue weighted by molar-refractivity contribution is 5.99. The Balaban J connectivity index is 1.40. The first-order chi connectivity index (χ1) is 18.3. The largest absolute Gasteiger partial charge is 0.337 e. The number of halogens is 1. The van der Waals surface area contributed by atoms with Crippen LogP contribution in [-0.4, -0.2) is 31.1 Å². The van der Waals surface area contributed by atoms with Crippen molar-refractivity contribution in [2.75, 3.05) is 5.32 Å². The number of amides is 1. The average Bonchev–Trinajstić information content (AvgIpc) is 3.52. The molecule has 38 heavy (non-hydrogen) atoms. The van der Waals surface area contributed by atoms with Crippen LogP contribution in [0, 0.1) is 11.2 Å². The van der Waals surface area contributed by atoms with Crippen molar-refractivity contribution >= 4 is 33.5 Å². The van der Waals surface area contributed by atoms with Crippen molar-refractivity contribution in [2.24, 2.45) is 5.41 Å². The zero-order valence-electron chi connectivity index (χ0n) is 21.1. The van der Waals surface area contributed by atoms with E-state index < -0.39 is 5.41 Å². The van der Waals surface area contributed by atoms with Crippen molar-refractivity contribution in [2.45, 2.75) is 20.8 Å². The zero-order chi connectivity index (χ0) is 26.4. The van der Waals surface area contributed by atoms with Gasteiger partial charge in [0.15, 0.2) is 5.82 Å². The van der Waals surface area contributed by atoms with Gasteiger partial charge in [-0.2, -0.15) is 5.10 Å². The van der Waals surface area contributed by atoms with E-state index in [4.69, 9.17) is 4.98 Å². The van der Waals surface area contributed by atoms with E-state index in [1.54, 1.807) is 18.5 Å². The summed E-state index contributed by atoms with van der Waals surface area (Å²) in [5.74, 6) is 0.237. The highest BCUT2D eigenvalue weighted by atomic mass is 19.1. The number of hydrogen-bond donors (Lipinski definition) is 3. The predicted molar refractivity (Wildman–Crippen MR) is 148 cm³/mol. The molecule has 0 fully saturated rings. The molecular weight excluding hydrogens is 479 g/mol. The van der Waals surface area contributed by atoms with Crippen LogP contribution in [0.25, 0.3) is 55.7 Å². The molecular formula is C30H25FN6O. The van der Waals surface area contributed by atoms with E-state index in [1.165, 1.54) is 12.1 Å². The third kappa shape index (κ3) is 4.30. The molecule has 8 heteroatoms. The Morgan fingerprint density at radius 2 is 1.74 bits per heavy atom. The molecule has 0 bridgehead atoms. The Morgan fingerprint density at radius 1 is 0.895 bits per heavy atom. The molecule has 7 nitrogen and oxygen atoms in total. The van der Waals surface area contributed by atoms with Gasteiger partial charge in [0.2, 0.25) is 5.91 Å². The van der Waals surface area contributed by atoms with E-state index in [0.29, 0.717) is 17.2 Å². The van der Waals surface area contributed by atoms with Gasteiger partial charge in [0.05, 0.1) is 28.4 Å².